The van der Waals surface area contributed by atoms with Crippen molar-refractivity contribution in [3.63, 3.8) is 0 Å². The van der Waals surface area contributed by atoms with Crippen molar-refractivity contribution in [2.24, 2.45) is 11.5 Å². The van der Waals surface area contributed by atoms with Crippen LogP contribution in [0.1, 0.15) is 18.5 Å². The largest absolute Gasteiger partial charge is 0.494 e. The molecule has 0 bridgehead atoms. The molecule has 4 heteroatoms. The molecule has 0 aliphatic heterocycles. The van der Waals surface area contributed by atoms with Crippen LogP contribution in [0, 0.1) is 0 Å². The van der Waals surface area contributed by atoms with E-state index in [0.717, 1.165) is 11.3 Å². The fourth-order valence-electron chi connectivity index (χ4n) is 1.11. The molecule has 0 spiro atoms. The molecule has 1 rings (SSSR count). The second-order valence-corrected chi connectivity index (χ2v) is 2.84. The fourth-order valence-corrected chi connectivity index (χ4v) is 1.11. The van der Waals surface area contributed by atoms with Gasteiger partial charge in [0.2, 0.25) is 0 Å². The molecular formula is C10H17ClN2O. The second-order valence-electron chi connectivity index (χ2n) is 2.84. The van der Waals surface area contributed by atoms with Gasteiger partial charge in [-0.05, 0) is 24.6 Å². The molecule has 14 heavy (non-hydrogen) atoms. The summed E-state index contributed by atoms with van der Waals surface area (Å²) in [6.07, 6.45) is 0. The van der Waals surface area contributed by atoms with Gasteiger partial charge >= 0.3 is 0 Å². The first kappa shape index (κ1) is 13.2. The lowest BCUT2D eigenvalue weighted by molar-refractivity contribution is 0.340. The Morgan fingerprint density at radius 1 is 1.29 bits per heavy atom. The zero-order valence-electron chi connectivity index (χ0n) is 8.27. The van der Waals surface area contributed by atoms with E-state index in [-0.39, 0.29) is 18.4 Å². The normalized spacial score (nSPS) is 11.6. The first-order valence-electron chi connectivity index (χ1n) is 4.46. The predicted octanol–water partition coefficient (Wildman–Crippen LogP) is 1.47. The van der Waals surface area contributed by atoms with Gasteiger partial charge in [0.25, 0.3) is 0 Å². The van der Waals surface area contributed by atoms with Gasteiger partial charge in [0.05, 0.1) is 6.61 Å². The maximum atomic E-state index is 5.75. The van der Waals surface area contributed by atoms with E-state index in [1.54, 1.807) is 0 Å². The summed E-state index contributed by atoms with van der Waals surface area (Å²) in [6, 6.07) is 7.64. The lowest BCUT2D eigenvalue weighted by atomic mass is 10.1. The lowest BCUT2D eigenvalue weighted by Crippen LogP contribution is -2.20. The van der Waals surface area contributed by atoms with Gasteiger partial charge < -0.3 is 16.2 Å². The van der Waals surface area contributed by atoms with Crippen LogP contribution in [-0.2, 0) is 0 Å². The van der Waals surface area contributed by atoms with Crippen LogP contribution in [0.3, 0.4) is 0 Å². The average molecular weight is 217 g/mol. The molecule has 0 aliphatic carbocycles. The molecule has 0 radical (unpaired) electrons. The molecule has 0 heterocycles. The minimum Gasteiger partial charge on any atom is -0.494 e. The lowest BCUT2D eigenvalue weighted by Gasteiger charge is -2.09. The van der Waals surface area contributed by atoms with Gasteiger partial charge in [-0.15, -0.1) is 12.4 Å². The number of hydrogen-bond acceptors (Lipinski definition) is 3. The molecule has 0 saturated carbocycles. The molecule has 0 aliphatic rings. The molecule has 0 amide bonds. The van der Waals surface area contributed by atoms with Gasteiger partial charge in [0.15, 0.2) is 0 Å². The molecule has 1 atom stereocenters. The highest BCUT2D eigenvalue weighted by atomic mass is 35.5. The molecule has 0 fully saturated rings. The van der Waals surface area contributed by atoms with Crippen molar-refractivity contribution in [3.8, 4) is 5.75 Å². The summed E-state index contributed by atoms with van der Waals surface area (Å²) in [5.74, 6) is 0.871. The molecule has 3 nitrogen and oxygen atoms in total. The Labute approximate surface area is 90.8 Å². The Morgan fingerprint density at radius 3 is 2.29 bits per heavy atom. The van der Waals surface area contributed by atoms with Crippen LogP contribution in [0.4, 0.5) is 0 Å². The zero-order valence-corrected chi connectivity index (χ0v) is 9.09. The standard InChI is InChI=1S/C10H16N2O.ClH/c1-2-13-9-5-3-8(4-6-9)10(12)7-11;/h3-6,10H,2,7,11-12H2,1H3;1H/t10-;/m1./s1. The van der Waals surface area contributed by atoms with Crippen LogP contribution in [0.2, 0.25) is 0 Å². The number of rotatable bonds is 4. The maximum absolute atomic E-state index is 5.75. The minimum atomic E-state index is -0.0734. The molecule has 1 aromatic carbocycles. The highest BCUT2D eigenvalue weighted by Crippen LogP contribution is 2.15. The number of hydrogen-bond donors (Lipinski definition) is 2. The second kappa shape index (κ2) is 6.65. The van der Waals surface area contributed by atoms with Gasteiger partial charge in [-0.2, -0.15) is 0 Å². The number of halogens is 1. The monoisotopic (exact) mass is 216 g/mol. The van der Waals surface area contributed by atoms with Gasteiger partial charge in [0.1, 0.15) is 5.75 Å². The van der Waals surface area contributed by atoms with Crippen molar-refractivity contribution < 1.29 is 4.74 Å². The van der Waals surface area contributed by atoms with E-state index in [2.05, 4.69) is 0 Å². The Kier molecular flexibility index (Phi) is 6.28. The van der Waals surface area contributed by atoms with E-state index in [1.807, 2.05) is 31.2 Å². The number of ether oxygens (including phenoxy) is 1. The minimum absolute atomic E-state index is 0. The fraction of sp³-hybridized carbons (Fsp3) is 0.400. The van der Waals surface area contributed by atoms with E-state index < -0.39 is 0 Å². The smallest absolute Gasteiger partial charge is 0.119 e. The van der Waals surface area contributed by atoms with Gasteiger partial charge in [-0.25, -0.2) is 0 Å². The third-order valence-corrected chi connectivity index (χ3v) is 1.87. The predicted molar refractivity (Wildman–Crippen MR) is 60.8 cm³/mol. The van der Waals surface area contributed by atoms with Crippen molar-refractivity contribution in [1.29, 1.82) is 0 Å². The highest BCUT2D eigenvalue weighted by Gasteiger charge is 2.02. The van der Waals surface area contributed by atoms with Crippen molar-refractivity contribution in [3.05, 3.63) is 29.8 Å². The van der Waals surface area contributed by atoms with Crippen LogP contribution in [0.5, 0.6) is 5.75 Å². The van der Waals surface area contributed by atoms with Crippen LogP contribution >= 0.6 is 12.4 Å². The zero-order chi connectivity index (χ0) is 9.68. The summed E-state index contributed by atoms with van der Waals surface area (Å²) in [4.78, 5) is 0. The molecule has 0 aromatic heterocycles. The summed E-state index contributed by atoms with van der Waals surface area (Å²) in [6.45, 7) is 3.11. The van der Waals surface area contributed by atoms with Crippen molar-refractivity contribution >= 4 is 12.4 Å². The molecule has 4 N–H and O–H groups in total. The van der Waals surface area contributed by atoms with E-state index in [0.29, 0.717) is 13.2 Å². The Bertz CT molecular complexity index is 251. The Hall–Kier alpha value is -0.770. The summed E-state index contributed by atoms with van der Waals surface area (Å²) >= 11 is 0. The van der Waals surface area contributed by atoms with E-state index in [4.69, 9.17) is 16.2 Å². The Balaban J connectivity index is 0.00000169. The van der Waals surface area contributed by atoms with Crippen molar-refractivity contribution in [1.82, 2.24) is 0 Å². The summed E-state index contributed by atoms with van der Waals surface area (Å²) in [5.41, 5.74) is 12.2. The average Bonchev–Trinajstić information content (AvgIpc) is 2.18. The van der Waals surface area contributed by atoms with Crippen LogP contribution in [0.25, 0.3) is 0 Å². The molecule has 0 saturated heterocycles. The molecule has 1 aromatic rings. The topological polar surface area (TPSA) is 61.3 Å². The first-order valence-corrected chi connectivity index (χ1v) is 4.46. The van der Waals surface area contributed by atoms with Gasteiger partial charge in [-0.3, -0.25) is 0 Å². The number of nitrogens with two attached hydrogens (primary N) is 2. The SMILES string of the molecule is CCOc1ccc([C@H](N)CN)cc1.Cl. The molecule has 80 valence electrons. The van der Waals surface area contributed by atoms with Crippen LogP contribution in [0.15, 0.2) is 24.3 Å². The van der Waals surface area contributed by atoms with Crippen molar-refractivity contribution in [2.75, 3.05) is 13.2 Å². The molecule has 0 unspecified atom stereocenters. The van der Waals surface area contributed by atoms with Gasteiger partial charge in [-0.1, -0.05) is 12.1 Å². The first-order chi connectivity index (χ1) is 6.27. The van der Waals surface area contributed by atoms with Gasteiger partial charge in [0, 0.05) is 12.6 Å². The third kappa shape index (κ3) is 3.54. The summed E-state index contributed by atoms with van der Waals surface area (Å²) < 4.78 is 5.30. The van der Waals surface area contributed by atoms with E-state index >= 15 is 0 Å². The van der Waals surface area contributed by atoms with E-state index in [9.17, 15) is 0 Å². The third-order valence-electron chi connectivity index (χ3n) is 1.87. The van der Waals surface area contributed by atoms with Crippen LogP contribution < -0.4 is 16.2 Å². The number of benzene rings is 1. The van der Waals surface area contributed by atoms with E-state index in [1.165, 1.54) is 0 Å². The summed E-state index contributed by atoms with van der Waals surface area (Å²) in [7, 11) is 0. The highest BCUT2D eigenvalue weighted by molar-refractivity contribution is 5.85. The van der Waals surface area contributed by atoms with Crippen molar-refractivity contribution in [2.45, 2.75) is 13.0 Å². The van der Waals surface area contributed by atoms with Crippen LogP contribution in [-0.4, -0.2) is 13.2 Å². The molecular weight excluding hydrogens is 200 g/mol. The quantitative estimate of drug-likeness (QED) is 0.801. The maximum Gasteiger partial charge on any atom is 0.119 e. The summed E-state index contributed by atoms with van der Waals surface area (Å²) in [5, 5.41) is 0. The Morgan fingerprint density at radius 2 is 1.86 bits per heavy atom.